The maximum absolute atomic E-state index is 3.52. The Morgan fingerprint density at radius 1 is 0.824 bits per heavy atom. The summed E-state index contributed by atoms with van der Waals surface area (Å²) in [5, 5.41) is 3.52. The van der Waals surface area contributed by atoms with Crippen molar-refractivity contribution in [2.24, 2.45) is 5.41 Å². The maximum Gasteiger partial charge on any atom is -0.00436 e. The van der Waals surface area contributed by atoms with Gasteiger partial charge in [0, 0.05) is 0 Å². The zero-order valence-electron chi connectivity index (χ0n) is 11.9. The van der Waals surface area contributed by atoms with Gasteiger partial charge >= 0.3 is 0 Å². The van der Waals surface area contributed by atoms with Crippen molar-refractivity contribution in [3.05, 3.63) is 0 Å². The van der Waals surface area contributed by atoms with Crippen molar-refractivity contribution >= 4 is 12.4 Å². The van der Waals surface area contributed by atoms with Gasteiger partial charge in [-0.15, -0.1) is 12.4 Å². The van der Waals surface area contributed by atoms with Crippen molar-refractivity contribution in [3.8, 4) is 0 Å². The largest absolute Gasteiger partial charge is 0.317 e. The molecule has 0 aromatic rings. The Kier molecular flexibility index (Phi) is 10.3. The highest BCUT2D eigenvalue weighted by atomic mass is 35.5. The van der Waals surface area contributed by atoms with Crippen LogP contribution in [0.2, 0.25) is 0 Å². The van der Waals surface area contributed by atoms with E-state index in [1.54, 1.807) is 0 Å². The van der Waals surface area contributed by atoms with Gasteiger partial charge in [0.05, 0.1) is 0 Å². The van der Waals surface area contributed by atoms with Crippen LogP contribution in [-0.4, -0.2) is 13.1 Å². The van der Waals surface area contributed by atoms with Crippen LogP contribution in [0, 0.1) is 5.41 Å². The van der Waals surface area contributed by atoms with Crippen molar-refractivity contribution in [2.45, 2.75) is 78.1 Å². The monoisotopic (exact) mass is 261 g/mol. The van der Waals surface area contributed by atoms with Crippen molar-refractivity contribution in [2.75, 3.05) is 13.1 Å². The quantitative estimate of drug-likeness (QED) is 0.611. The summed E-state index contributed by atoms with van der Waals surface area (Å²) in [6, 6.07) is 0. The molecule has 104 valence electrons. The lowest BCUT2D eigenvalue weighted by Crippen LogP contribution is -2.36. The Morgan fingerprint density at radius 3 is 1.71 bits per heavy atom. The molecule has 0 atom stereocenters. The molecule has 1 saturated heterocycles. The molecule has 0 radical (unpaired) electrons. The average molecular weight is 262 g/mol. The number of halogens is 1. The maximum atomic E-state index is 3.52. The zero-order valence-corrected chi connectivity index (χ0v) is 12.7. The Morgan fingerprint density at radius 2 is 1.29 bits per heavy atom. The summed E-state index contributed by atoms with van der Waals surface area (Å²) in [4.78, 5) is 0. The van der Waals surface area contributed by atoms with E-state index in [2.05, 4.69) is 19.2 Å². The summed E-state index contributed by atoms with van der Waals surface area (Å²) >= 11 is 0. The van der Waals surface area contributed by atoms with Gasteiger partial charge in [0.25, 0.3) is 0 Å². The first kappa shape index (κ1) is 17.2. The molecule has 2 heteroatoms. The molecule has 1 heterocycles. The highest BCUT2D eigenvalue weighted by Gasteiger charge is 2.30. The number of unbranched alkanes of at least 4 members (excludes halogenated alkanes) is 4. The zero-order chi connectivity index (χ0) is 11.7. The fraction of sp³-hybridized carbons (Fsp3) is 1.00. The van der Waals surface area contributed by atoms with E-state index in [4.69, 9.17) is 0 Å². The van der Waals surface area contributed by atoms with Crippen LogP contribution >= 0.6 is 12.4 Å². The molecule has 0 aromatic heterocycles. The normalized spacial score (nSPS) is 18.7. The molecule has 0 saturated carbocycles. The van der Waals surface area contributed by atoms with Gasteiger partial charge in [0.1, 0.15) is 0 Å². The molecule has 1 aliphatic heterocycles. The van der Waals surface area contributed by atoms with Crippen molar-refractivity contribution in [1.82, 2.24) is 5.32 Å². The van der Waals surface area contributed by atoms with E-state index < -0.39 is 0 Å². The first-order valence-corrected chi connectivity index (χ1v) is 7.54. The summed E-state index contributed by atoms with van der Waals surface area (Å²) in [6.45, 7) is 7.15. The molecule has 0 unspecified atom stereocenters. The van der Waals surface area contributed by atoms with Crippen LogP contribution in [0.25, 0.3) is 0 Å². The Balaban J connectivity index is 0.00000256. The Hall–Kier alpha value is 0.250. The lowest BCUT2D eigenvalue weighted by Gasteiger charge is -2.38. The van der Waals surface area contributed by atoms with Gasteiger partial charge < -0.3 is 5.32 Å². The van der Waals surface area contributed by atoms with Crippen LogP contribution in [0.5, 0.6) is 0 Å². The molecule has 1 nitrogen and oxygen atoms in total. The molecule has 0 spiro atoms. The van der Waals surface area contributed by atoms with Gasteiger partial charge in [-0.2, -0.15) is 0 Å². The highest BCUT2D eigenvalue weighted by molar-refractivity contribution is 5.85. The Labute approximate surface area is 115 Å². The number of nitrogens with one attached hydrogen (secondary N) is 1. The van der Waals surface area contributed by atoms with E-state index >= 15 is 0 Å². The third kappa shape index (κ3) is 6.67. The number of hydrogen-bond acceptors (Lipinski definition) is 1. The van der Waals surface area contributed by atoms with Gasteiger partial charge in [-0.1, -0.05) is 52.4 Å². The van der Waals surface area contributed by atoms with E-state index in [0.29, 0.717) is 0 Å². The van der Waals surface area contributed by atoms with Crippen molar-refractivity contribution < 1.29 is 0 Å². The van der Waals surface area contributed by atoms with Gasteiger partial charge in [0.2, 0.25) is 0 Å². The number of hydrogen-bond donors (Lipinski definition) is 1. The van der Waals surface area contributed by atoms with Crippen molar-refractivity contribution in [3.63, 3.8) is 0 Å². The second-order valence-corrected chi connectivity index (χ2v) is 5.66. The lowest BCUT2D eigenvalue weighted by molar-refractivity contribution is 0.158. The molecule has 0 aromatic carbocycles. The molecule has 17 heavy (non-hydrogen) atoms. The van der Waals surface area contributed by atoms with Crippen LogP contribution in [0.1, 0.15) is 78.1 Å². The summed E-state index contributed by atoms with van der Waals surface area (Å²) in [5.41, 5.74) is 0.718. The van der Waals surface area contributed by atoms with Gasteiger partial charge in [-0.05, 0) is 44.2 Å². The van der Waals surface area contributed by atoms with Gasteiger partial charge in [-0.3, -0.25) is 0 Å². The van der Waals surface area contributed by atoms with E-state index in [1.165, 1.54) is 77.3 Å². The molecular weight excluding hydrogens is 230 g/mol. The summed E-state index contributed by atoms with van der Waals surface area (Å²) < 4.78 is 0. The lowest BCUT2D eigenvalue weighted by atomic mass is 9.71. The molecular formula is C15H32ClN. The van der Waals surface area contributed by atoms with Gasteiger partial charge in [-0.25, -0.2) is 0 Å². The minimum Gasteiger partial charge on any atom is -0.317 e. The first-order chi connectivity index (χ1) is 7.83. The summed E-state index contributed by atoms with van der Waals surface area (Å²) in [7, 11) is 0. The molecule has 1 N–H and O–H groups in total. The minimum atomic E-state index is 0. The van der Waals surface area contributed by atoms with Crippen LogP contribution in [0.3, 0.4) is 0 Å². The minimum absolute atomic E-state index is 0. The summed E-state index contributed by atoms with van der Waals surface area (Å²) in [6.07, 6.45) is 14.4. The van der Waals surface area contributed by atoms with Gasteiger partial charge in [0.15, 0.2) is 0 Å². The van der Waals surface area contributed by atoms with Crippen LogP contribution < -0.4 is 5.32 Å². The van der Waals surface area contributed by atoms with Crippen molar-refractivity contribution in [1.29, 1.82) is 0 Å². The third-order valence-corrected chi connectivity index (χ3v) is 4.29. The van der Waals surface area contributed by atoms with E-state index in [9.17, 15) is 0 Å². The predicted molar refractivity (Wildman–Crippen MR) is 80.1 cm³/mol. The average Bonchev–Trinajstić information content (AvgIpc) is 2.31. The SMILES string of the molecule is CCCCCC1(CCCCC)CCNCC1.Cl. The fourth-order valence-corrected chi connectivity index (χ4v) is 3.08. The topological polar surface area (TPSA) is 12.0 Å². The van der Waals surface area contributed by atoms with E-state index in [-0.39, 0.29) is 12.4 Å². The molecule has 0 bridgehead atoms. The molecule has 0 aliphatic carbocycles. The smallest absolute Gasteiger partial charge is 0.00436 e. The second-order valence-electron chi connectivity index (χ2n) is 5.66. The van der Waals surface area contributed by atoms with E-state index in [1.807, 2.05) is 0 Å². The first-order valence-electron chi connectivity index (χ1n) is 7.54. The predicted octanol–water partition coefficient (Wildman–Crippen LogP) is 4.94. The number of rotatable bonds is 8. The summed E-state index contributed by atoms with van der Waals surface area (Å²) in [5.74, 6) is 0. The molecule has 1 fully saturated rings. The molecule has 1 aliphatic rings. The van der Waals surface area contributed by atoms with Crippen LogP contribution in [0.15, 0.2) is 0 Å². The molecule has 0 amide bonds. The fourth-order valence-electron chi connectivity index (χ4n) is 3.08. The van der Waals surface area contributed by atoms with Crippen LogP contribution in [-0.2, 0) is 0 Å². The highest BCUT2D eigenvalue weighted by Crippen LogP contribution is 2.39. The number of piperidine rings is 1. The second kappa shape index (κ2) is 10.2. The standard InChI is InChI=1S/C15H31N.ClH/c1-3-5-7-9-15(10-8-6-4-2)11-13-16-14-12-15;/h16H,3-14H2,1-2H3;1H. The Bertz CT molecular complexity index is 152. The molecule has 1 rings (SSSR count). The van der Waals surface area contributed by atoms with Crippen LogP contribution in [0.4, 0.5) is 0 Å². The third-order valence-electron chi connectivity index (χ3n) is 4.29. The van der Waals surface area contributed by atoms with E-state index in [0.717, 1.165) is 5.41 Å².